The van der Waals surface area contributed by atoms with Crippen molar-refractivity contribution in [2.45, 2.75) is 95.4 Å². The Morgan fingerprint density at radius 2 is 0.627 bits per heavy atom. The zero-order valence-electron chi connectivity index (χ0n) is 42.1. The molecule has 6 aromatic rings. The molecule has 3 aliphatic heterocycles. The second-order valence-electron chi connectivity index (χ2n) is 20.4. The summed E-state index contributed by atoms with van der Waals surface area (Å²) in [5.74, 6) is -0.519. The minimum atomic E-state index is -0.586. The van der Waals surface area contributed by atoms with E-state index in [2.05, 4.69) is 19.7 Å². The lowest BCUT2D eigenvalue weighted by Crippen LogP contribution is -2.39. The van der Waals surface area contributed by atoms with Crippen LogP contribution in [0.1, 0.15) is 129 Å². The van der Waals surface area contributed by atoms with Gasteiger partial charge in [-0.05, 0) is 165 Å². The first-order chi connectivity index (χ1) is 35.8. The third-order valence-electron chi connectivity index (χ3n) is 14.5. The number of hydrogen-bond acceptors (Lipinski definition) is 6. The average molecular weight is 1130 g/mol. The summed E-state index contributed by atoms with van der Waals surface area (Å²) >= 11 is 36.6. The third kappa shape index (κ3) is 14.0. The monoisotopic (exact) mass is 1120 g/mol. The van der Waals surface area contributed by atoms with E-state index in [0.717, 1.165) is 33.4 Å². The van der Waals surface area contributed by atoms with E-state index in [9.17, 15) is 14.4 Å². The van der Waals surface area contributed by atoms with Gasteiger partial charge in [-0.2, -0.15) is 0 Å². The lowest BCUT2D eigenvalue weighted by Gasteiger charge is -2.41. The van der Waals surface area contributed by atoms with Gasteiger partial charge in [0.1, 0.15) is 18.3 Å². The summed E-state index contributed by atoms with van der Waals surface area (Å²) in [4.78, 5) is 38.0. The Bertz CT molecular complexity index is 2680. The molecule has 2 unspecified atom stereocenters. The topological polar surface area (TPSA) is 78.9 Å². The maximum Gasteiger partial charge on any atom is 0.312 e. The molecular formula is C63H60Cl6O6. The molecule has 9 rings (SSSR count). The number of cyclic esters (lactones) is 3. The van der Waals surface area contributed by atoms with Crippen LogP contribution >= 0.6 is 69.6 Å². The lowest BCUT2D eigenvalue weighted by atomic mass is 9.71. The minimum absolute atomic E-state index is 0.0162. The van der Waals surface area contributed by atoms with Gasteiger partial charge >= 0.3 is 17.9 Å². The van der Waals surface area contributed by atoms with Crippen LogP contribution in [0.5, 0.6) is 0 Å². The molecule has 3 heterocycles. The Hall–Kier alpha value is -5.31. The molecule has 3 fully saturated rings. The van der Waals surface area contributed by atoms with Gasteiger partial charge in [-0.1, -0.05) is 161 Å². The summed E-state index contributed by atoms with van der Waals surface area (Å²) in [5.41, 5.74) is 4.24. The van der Waals surface area contributed by atoms with Gasteiger partial charge < -0.3 is 14.2 Å². The largest absolute Gasteiger partial charge is 0.456 e. The molecule has 0 amide bonds. The molecule has 390 valence electrons. The highest BCUT2D eigenvalue weighted by atomic mass is 35.5. The van der Waals surface area contributed by atoms with Crippen LogP contribution in [0.3, 0.4) is 0 Å². The van der Waals surface area contributed by atoms with E-state index in [4.69, 9.17) is 83.8 Å². The first kappa shape index (κ1) is 57.4. The molecule has 0 radical (unpaired) electrons. The number of esters is 3. The number of carbonyl (C=O) groups excluding carboxylic acids is 3. The van der Waals surface area contributed by atoms with Crippen LogP contribution in [-0.4, -0.2) is 17.9 Å². The van der Waals surface area contributed by atoms with Crippen LogP contribution in [0.25, 0.3) is 0 Å². The fourth-order valence-electron chi connectivity index (χ4n) is 10.5. The van der Waals surface area contributed by atoms with Gasteiger partial charge in [0.25, 0.3) is 0 Å². The molecule has 6 nitrogen and oxygen atoms in total. The van der Waals surface area contributed by atoms with Crippen molar-refractivity contribution >= 4 is 87.5 Å². The van der Waals surface area contributed by atoms with E-state index >= 15 is 0 Å². The number of rotatable bonds is 12. The van der Waals surface area contributed by atoms with Crippen molar-refractivity contribution in [2.24, 2.45) is 16.2 Å². The molecule has 75 heavy (non-hydrogen) atoms. The molecule has 0 spiro atoms. The summed E-state index contributed by atoms with van der Waals surface area (Å²) in [6.45, 7) is 17.2. The molecule has 0 aliphatic carbocycles. The van der Waals surface area contributed by atoms with Crippen molar-refractivity contribution in [3.63, 3.8) is 0 Å². The lowest BCUT2D eigenvalue weighted by molar-refractivity contribution is -0.172. The summed E-state index contributed by atoms with van der Waals surface area (Å²) in [7, 11) is 0. The second-order valence-corrected chi connectivity index (χ2v) is 23.0. The highest BCUT2D eigenvalue weighted by molar-refractivity contribution is 6.32. The van der Waals surface area contributed by atoms with E-state index < -0.39 is 16.2 Å². The van der Waals surface area contributed by atoms with Gasteiger partial charge in [0.15, 0.2) is 0 Å². The van der Waals surface area contributed by atoms with Crippen molar-refractivity contribution in [1.29, 1.82) is 0 Å². The predicted octanol–water partition coefficient (Wildman–Crippen LogP) is 19.0. The normalized spacial score (nSPS) is 26.1. The molecule has 9 atom stereocenters. The van der Waals surface area contributed by atoms with Gasteiger partial charge in [-0.3, -0.25) is 14.4 Å². The fraction of sp³-hybridized carbons (Fsp3) is 0.286. The summed E-state index contributed by atoms with van der Waals surface area (Å²) in [5, 5.41) is 3.99. The number of benzene rings is 6. The Balaban J connectivity index is 0.000000164. The maximum absolute atomic E-state index is 12.7. The molecule has 0 aromatic heterocycles. The number of allylic oxidation sites excluding steroid dienone is 3. The minimum Gasteiger partial charge on any atom is -0.456 e. The van der Waals surface area contributed by atoms with Gasteiger partial charge in [0.05, 0.1) is 16.2 Å². The summed E-state index contributed by atoms with van der Waals surface area (Å²) < 4.78 is 17.7. The van der Waals surface area contributed by atoms with E-state index in [0.29, 0.717) is 68.7 Å². The van der Waals surface area contributed by atoms with E-state index in [1.165, 1.54) is 0 Å². The van der Waals surface area contributed by atoms with Gasteiger partial charge in [-0.25, -0.2) is 0 Å². The molecule has 0 saturated carbocycles. The number of halogens is 6. The van der Waals surface area contributed by atoms with Crippen LogP contribution in [0.15, 0.2) is 184 Å². The van der Waals surface area contributed by atoms with E-state index in [-0.39, 0.29) is 54.0 Å². The molecule has 6 aromatic carbocycles. The van der Waals surface area contributed by atoms with Gasteiger partial charge in [0, 0.05) is 47.9 Å². The molecule has 0 N–H and O–H groups in total. The predicted molar refractivity (Wildman–Crippen MR) is 306 cm³/mol. The highest BCUT2D eigenvalue weighted by Gasteiger charge is 2.49. The molecule has 12 heteroatoms. The third-order valence-corrected chi connectivity index (χ3v) is 16.0. The van der Waals surface area contributed by atoms with Crippen molar-refractivity contribution in [3.05, 3.63) is 247 Å². The van der Waals surface area contributed by atoms with Crippen molar-refractivity contribution in [1.82, 2.24) is 0 Å². The Kier molecular flexibility index (Phi) is 19.3. The molecular weight excluding hydrogens is 1070 g/mol. The zero-order valence-corrected chi connectivity index (χ0v) is 46.7. The van der Waals surface area contributed by atoms with E-state index in [1.54, 1.807) is 18.2 Å². The SMILES string of the molecule is C=CC[C@@]1(C)CC(c2cccc(Cl)c2)C(c2ccc(Cl)cc2)OC1=O.C=CC[C@@]1(C)C[C@H](c2cccc(Cl)c2)[C@H](c2ccc(Cl)cc2)OC1=O.C=CC[C@]1(C)C[C@@H](c2cccc(Cl)c2)[C@@H](c2ccc(Cl)cc2)OC1=O. The fourth-order valence-corrected chi connectivity index (χ4v) is 11.4. The number of hydrogen-bond donors (Lipinski definition) is 0. The first-order valence-corrected chi connectivity index (χ1v) is 27.0. The first-order valence-electron chi connectivity index (χ1n) is 24.8. The maximum atomic E-state index is 12.7. The van der Waals surface area contributed by atoms with Crippen molar-refractivity contribution in [2.75, 3.05) is 0 Å². The smallest absolute Gasteiger partial charge is 0.312 e. The Morgan fingerprint density at radius 1 is 0.387 bits per heavy atom. The van der Waals surface area contributed by atoms with Crippen molar-refractivity contribution in [3.8, 4) is 0 Å². The van der Waals surface area contributed by atoms with E-state index in [1.807, 2.05) is 166 Å². The molecule has 3 saturated heterocycles. The quantitative estimate of drug-likeness (QED) is 0.0690. The van der Waals surface area contributed by atoms with Crippen LogP contribution in [-0.2, 0) is 28.6 Å². The number of carbonyl (C=O) groups is 3. The second kappa shape index (κ2) is 25.2. The average Bonchev–Trinajstić information content (AvgIpc) is 3.38. The van der Waals surface area contributed by atoms with Crippen LogP contribution in [0.4, 0.5) is 0 Å². The Morgan fingerprint density at radius 3 is 0.840 bits per heavy atom. The summed E-state index contributed by atoms with van der Waals surface area (Å²) in [6, 6.07) is 45.6. The molecule has 3 aliphatic rings. The van der Waals surface area contributed by atoms with Gasteiger partial charge in [-0.15, -0.1) is 19.7 Å². The molecule has 0 bridgehead atoms. The zero-order chi connectivity index (χ0) is 54.1. The number of ether oxygens (including phenoxy) is 3. The van der Waals surface area contributed by atoms with Crippen LogP contribution < -0.4 is 0 Å². The Labute approximate surface area is 471 Å². The standard InChI is InChI=1S/3C21H20Cl2O2/c3*1-3-11-21(2)13-18(15-5-4-6-17(23)12-15)19(25-20(21)24)14-7-9-16(22)10-8-14/h3*3-10,12,18-19H,1,11,13H2,2H3/t18?,19?,21-;2*18-,19+,21+/m010/s1. The highest BCUT2D eigenvalue weighted by Crippen LogP contribution is 2.53. The summed E-state index contributed by atoms with van der Waals surface area (Å²) in [6.07, 6.45) is 8.01. The van der Waals surface area contributed by atoms with Crippen molar-refractivity contribution < 1.29 is 28.6 Å². The van der Waals surface area contributed by atoms with Crippen LogP contribution in [0, 0.1) is 16.2 Å². The van der Waals surface area contributed by atoms with Gasteiger partial charge in [0.2, 0.25) is 0 Å². The van der Waals surface area contributed by atoms with Crippen LogP contribution in [0.2, 0.25) is 30.1 Å².